The first kappa shape index (κ1) is 25.7. The molecular weight excluding hydrogens is 466 g/mol. The van der Waals surface area contributed by atoms with Crippen LogP contribution < -0.4 is 26.4 Å². The Morgan fingerprint density at radius 1 is 1.11 bits per heavy atom. The lowest BCUT2D eigenvalue weighted by Gasteiger charge is -2.33. The van der Waals surface area contributed by atoms with Gasteiger partial charge in [-0.15, -0.1) is 0 Å². The Hall–Kier alpha value is -3.92. The zero-order valence-corrected chi connectivity index (χ0v) is 21.1. The summed E-state index contributed by atoms with van der Waals surface area (Å²) in [7, 11) is 1.51. The summed E-state index contributed by atoms with van der Waals surface area (Å²) >= 11 is 0.755. The van der Waals surface area contributed by atoms with Crippen LogP contribution in [0.25, 0.3) is 0 Å². The van der Waals surface area contributed by atoms with Gasteiger partial charge in [0.1, 0.15) is 16.7 Å². The van der Waals surface area contributed by atoms with Crippen molar-refractivity contribution >= 4 is 40.6 Å². The number of amides is 3. The topological polar surface area (TPSA) is 141 Å². The van der Waals surface area contributed by atoms with Crippen LogP contribution in [-0.4, -0.2) is 34.7 Å². The predicted molar refractivity (Wildman–Crippen MR) is 137 cm³/mol. The molecule has 0 spiro atoms. The van der Waals surface area contributed by atoms with Crippen LogP contribution in [0.5, 0.6) is 5.75 Å². The number of hydrogen-bond acceptors (Lipinski definition) is 7. The van der Waals surface area contributed by atoms with Gasteiger partial charge in [-0.1, -0.05) is 35.9 Å². The molecule has 0 aliphatic heterocycles. The van der Waals surface area contributed by atoms with Gasteiger partial charge in [0.25, 0.3) is 11.8 Å². The summed E-state index contributed by atoms with van der Waals surface area (Å²) in [6.07, 6.45) is 0. The second-order valence-electron chi connectivity index (χ2n) is 9.07. The summed E-state index contributed by atoms with van der Waals surface area (Å²) in [6.45, 7) is 7.50. The Kier molecular flexibility index (Phi) is 7.45. The van der Waals surface area contributed by atoms with Crippen molar-refractivity contribution in [2.45, 2.75) is 39.3 Å². The minimum Gasteiger partial charge on any atom is -0.497 e. The average molecular weight is 496 g/mol. The number of anilines is 2. The normalized spacial score (nSPS) is 12.0. The fraction of sp³-hybridized carbons (Fsp3) is 0.280. The molecule has 0 fully saturated rings. The summed E-state index contributed by atoms with van der Waals surface area (Å²) in [5.41, 5.74) is 12.6. The molecule has 0 bridgehead atoms. The molecule has 1 atom stereocenters. The first-order valence-corrected chi connectivity index (χ1v) is 11.6. The van der Waals surface area contributed by atoms with Crippen molar-refractivity contribution in [2.24, 2.45) is 5.73 Å². The van der Waals surface area contributed by atoms with Gasteiger partial charge in [0.05, 0.1) is 12.8 Å². The van der Waals surface area contributed by atoms with Gasteiger partial charge in [-0.3, -0.25) is 19.3 Å². The average Bonchev–Trinajstić information content (AvgIpc) is 3.18. The first-order valence-electron chi connectivity index (χ1n) is 10.8. The lowest BCUT2D eigenvalue weighted by Crippen LogP contribution is -2.49. The van der Waals surface area contributed by atoms with Gasteiger partial charge in [0.2, 0.25) is 5.91 Å². The van der Waals surface area contributed by atoms with Crippen LogP contribution >= 0.6 is 11.5 Å². The number of aromatic nitrogens is 1. The molecule has 0 aliphatic carbocycles. The molecule has 3 aromatic rings. The molecule has 2 aromatic carbocycles. The van der Waals surface area contributed by atoms with Crippen molar-refractivity contribution in [3.8, 4) is 5.75 Å². The van der Waals surface area contributed by atoms with E-state index in [0.717, 1.165) is 17.1 Å². The SMILES string of the molecule is COc1cccc(N(C(=O)c2snc(C(N)=O)c2N)[C@H](C(=O)NC(C)(C)C)c2ccc(C)cc2)c1. The van der Waals surface area contributed by atoms with Crippen molar-refractivity contribution in [1.82, 2.24) is 9.69 Å². The Morgan fingerprint density at radius 3 is 2.31 bits per heavy atom. The Bertz CT molecular complexity index is 1250. The molecule has 0 saturated carbocycles. The lowest BCUT2D eigenvalue weighted by atomic mass is 9.99. The number of primary amides is 1. The Balaban J connectivity index is 2.25. The predicted octanol–water partition coefficient (Wildman–Crippen LogP) is 3.44. The summed E-state index contributed by atoms with van der Waals surface area (Å²) < 4.78 is 9.32. The molecule has 9 nitrogen and oxygen atoms in total. The third kappa shape index (κ3) is 5.78. The smallest absolute Gasteiger partial charge is 0.273 e. The van der Waals surface area contributed by atoms with E-state index in [1.165, 1.54) is 12.0 Å². The number of nitrogen functional groups attached to an aromatic ring is 1. The third-order valence-corrected chi connectivity index (χ3v) is 5.95. The van der Waals surface area contributed by atoms with Crippen LogP contribution in [0.4, 0.5) is 11.4 Å². The van der Waals surface area contributed by atoms with E-state index in [-0.39, 0.29) is 16.3 Å². The van der Waals surface area contributed by atoms with E-state index in [1.54, 1.807) is 36.4 Å². The highest BCUT2D eigenvalue weighted by atomic mass is 32.1. The summed E-state index contributed by atoms with van der Waals surface area (Å²) in [5, 5.41) is 2.97. The highest BCUT2D eigenvalue weighted by Crippen LogP contribution is 2.35. The van der Waals surface area contributed by atoms with E-state index in [1.807, 2.05) is 39.8 Å². The minimum atomic E-state index is -1.06. The van der Waals surface area contributed by atoms with E-state index < -0.39 is 29.3 Å². The number of hydrogen-bond donors (Lipinski definition) is 3. The number of nitrogens with zero attached hydrogens (tertiary/aromatic N) is 2. The van der Waals surface area contributed by atoms with Gasteiger partial charge in [0.15, 0.2) is 5.69 Å². The molecule has 1 aromatic heterocycles. The zero-order chi connectivity index (χ0) is 25.9. The van der Waals surface area contributed by atoms with E-state index in [2.05, 4.69) is 9.69 Å². The Labute approximate surface area is 208 Å². The molecule has 0 saturated heterocycles. The summed E-state index contributed by atoms with van der Waals surface area (Å²) in [6, 6.07) is 13.1. The fourth-order valence-corrected chi connectivity index (χ4v) is 4.23. The quantitative estimate of drug-likeness (QED) is 0.459. The van der Waals surface area contributed by atoms with Crippen molar-refractivity contribution in [1.29, 1.82) is 0 Å². The lowest BCUT2D eigenvalue weighted by molar-refractivity contribution is -0.123. The van der Waals surface area contributed by atoms with Gasteiger partial charge in [-0.05, 0) is 56.9 Å². The summed E-state index contributed by atoms with van der Waals surface area (Å²) in [4.78, 5) is 40.7. The number of nitrogens with one attached hydrogen (secondary N) is 1. The third-order valence-electron chi connectivity index (χ3n) is 5.10. The number of carbonyl (C=O) groups is 3. The molecule has 0 aliphatic rings. The van der Waals surface area contributed by atoms with Crippen LogP contribution in [0, 0.1) is 6.92 Å². The molecule has 0 radical (unpaired) electrons. The zero-order valence-electron chi connectivity index (χ0n) is 20.3. The number of benzene rings is 2. The molecule has 3 rings (SSSR count). The van der Waals surface area contributed by atoms with E-state index in [4.69, 9.17) is 16.2 Å². The number of nitrogens with two attached hydrogens (primary N) is 2. The number of rotatable bonds is 7. The maximum absolute atomic E-state index is 14.0. The molecule has 1 heterocycles. The number of aryl methyl sites for hydroxylation is 1. The maximum atomic E-state index is 14.0. The van der Waals surface area contributed by atoms with Gasteiger partial charge in [0, 0.05) is 17.3 Å². The highest BCUT2D eigenvalue weighted by Gasteiger charge is 2.37. The van der Waals surface area contributed by atoms with Crippen LogP contribution in [0.3, 0.4) is 0 Å². The van der Waals surface area contributed by atoms with Gasteiger partial charge >= 0.3 is 0 Å². The number of carbonyl (C=O) groups excluding carboxylic acids is 3. The molecule has 5 N–H and O–H groups in total. The van der Waals surface area contributed by atoms with E-state index in [0.29, 0.717) is 17.0 Å². The van der Waals surface area contributed by atoms with Crippen LogP contribution in [-0.2, 0) is 4.79 Å². The highest BCUT2D eigenvalue weighted by molar-refractivity contribution is 7.09. The second kappa shape index (κ2) is 10.1. The first-order chi connectivity index (χ1) is 16.4. The monoisotopic (exact) mass is 495 g/mol. The van der Waals surface area contributed by atoms with E-state index >= 15 is 0 Å². The molecule has 3 amide bonds. The van der Waals surface area contributed by atoms with E-state index in [9.17, 15) is 14.4 Å². The van der Waals surface area contributed by atoms with Crippen LogP contribution in [0.2, 0.25) is 0 Å². The van der Waals surface area contributed by atoms with Crippen molar-refractivity contribution in [3.63, 3.8) is 0 Å². The second-order valence-corrected chi connectivity index (χ2v) is 9.84. The number of methoxy groups -OCH3 is 1. The van der Waals surface area contributed by atoms with Crippen LogP contribution in [0.15, 0.2) is 48.5 Å². The fourth-order valence-electron chi connectivity index (χ4n) is 3.49. The van der Waals surface area contributed by atoms with Gasteiger partial charge < -0.3 is 21.5 Å². The van der Waals surface area contributed by atoms with Gasteiger partial charge in [-0.25, -0.2) is 0 Å². The molecule has 0 unspecified atom stereocenters. The maximum Gasteiger partial charge on any atom is 0.273 e. The number of ether oxygens (including phenoxy) is 1. The van der Waals surface area contributed by atoms with Crippen LogP contribution in [0.1, 0.15) is 58.1 Å². The molecular formula is C25H29N5O4S. The van der Waals surface area contributed by atoms with Crippen molar-refractivity contribution in [3.05, 3.63) is 70.2 Å². The largest absolute Gasteiger partial charge is 0.497 e. The standard InChI is InChI=1S/C25H29N5O4S/c1-14-9-11-15(12-10-14)20(23(32)28-25(2,3)4)30(16-7-6-8-17(13-16)34-5)24(33)21-18(26)19(22(27)31)29-35-21/h6-13,20H,26H2,1-5H3,(H2,27,31)(H,28,32)/t20-/m0/s1. The van der Waals surface area contributed by atoms with Crippen molar-refractivity contribution < 1.29 is 19.1 Å². The molecule has 184 valence electrons. The Morgan fingerprint density at radius 2 is 1.77 bits per heavy atom. The minimum absolute atomic E-state index is 0.00212. The van der Waals surface area contributed by atoms with Gasteiger partial charge in [-0.2, -0.15) is 4.37 Å². The molecule has 35 heavy (non-hydrogen) atoms. The summed E-state index contributed by atoms with van der Waals surface area (Å²) in [5.74, 6) is -1.34. The van der Waals surface area contributed by atoms with Crippen molar-refractivity contribution in [2.75, 3.05) is 17.7 Å². The molecule has 10 heteroatoms.